The maximum Gasteiger partial charge on any atom is 0.337 e. The van der Waals surface area contributed by atoms with Crippen molar-refractivity contribution in [3.05, 3.63) is 28.8 Å². The van der Waals surface area contributed by atoms with Crippen LogP contribution >= 0.6 is 11.6 Å². The largest absolute Gasteiger partial charge is 0.478 e. The molecule has 98 valence electrons. The van der Waals surface area contributed by atoms with Crippen LogP contribution in [0, 0.1) is 0 Å². The number of halogens is 1. The molecule has 0 saturated carbocycles. The number of aromatic carboxylic acids is 1. The van der Waals surface area contributed by atoms with Crippen LogP contribution < -0.4 is 4.90 Å². The second-order valence-corrected chi connectivity index (χ2v) is 4.85. The summed E-state index contributed by atoms with van der Waals surface area (Å²) in [7, 11) is 1.69. The molecule has 1 aromatic carbocycles. The molecule has 4 nitrogen and oxygen atoms in total. The van der Waals surface area contributed by atoms with Crippen LogP contribution in [0.2, 0.25) is 5.02 Å². The van der Waals surface area contributed by atoms with E-state index in [2.05, 4.69) is 4.90 Å². The maximum absolute atomic E-state index is 11.3. The molecule has 0 radical (unpaired) electrons. The average Bonchev–Trinajstić information content (AvgIpc) is 2.38. The Bertz CT molecular complexity index is 450. The van der Waals surface area contributed by atoms with Gasteiger partial charge in [0.25, 0.3) is 0 Å². The molecule has 1 aromatic rings. The molecule has 0 amide bonds. The minimum absolute atomic E-state index is 0.163. The van der Waals surface area contributed by atoms with Gasteiger partial charge < -0.3 is 14.7 Å². The average molecular weight is 270 g/mol. The van der Waals surface area contributed by atoms with Crippen LogP contribution in [0.1, 0.15) is 23.2 Å². The van der Waals surface area contributed by atoms with Crippen LogP contribution in [0.3, 0.4) is 0 Å². The zero-order valence-corrected chi connectivity index (χ0v) is 11.0. The molecule has 5 heteroatoms. The van der Waals surface area contributed by atoms with Crippen LogP contribution in [-0.2, 0) is 4.74 Å². The first-order valence-electron chi connectivity index (χ1n) is 5.92. The number of methoxy groups -OCH3 is 1. The number of hydrogen-bond acceptors (Lipinski definition) is 3. The van der Waals surface area contributed by atoms with Gasteiger partial charge in [-0.25, -0.2) is 4.79 Å². The number of carboxylic acid groups (broad SMARTS) is 1. The van der Waals surface area contributed by atoms with E-state index < -0.39 is 5.97 Å². The van der Waals surface area contributed by atoms with E-state index in [0.29, 0.717) is 10.7 Å². The van der Waals surface area contributed by atoms with Crippen molar-refractivity contribution in [1.29, 1.82) is 0 Å². The molecule has 1 aliphatic heterocycles. The first-order valence-corrected chi connectivity index (χ1v) is 6.30. The van der Waals surface area contributed by atoms with Crippen molar-refractivity contribution in [2.75, 3.05) is 25.1 Å². The summed E-state index contributed by atoms with van der Waals surface area (Å²) < 4.78 is 5.35. The van der Waals surface area contributed by atoms with Gasteiger partial charge in [-0.3, -0.25) is 0 Å². The Hall–Kier alpha value is -1.26. The SMILES string of the molecule is COC1CCCN(c2ccc(Cl)cc2C(=O)O)C1. The van der Waals surface area contributed by atoms with Crippen molar-refractivity contribution < 1.29 is 14.6 Å². The van der Waals surface area contributed by atoms with E-state index >= 15 is 0 Å². The molecule has 2 rings (SSSR count). The number of nitrogens with zero attached hydrogens (tertiary/aromatic N) is 1. The van der Waals surface area contributed by atoms with Crippen LogP contribution in [-0.4, -0.2) is 37.4 Å². The second-order valence-electron chi connectivity index (χ2n) is 4.41. The van der Waals surface area contributed by atoms with Gasteiger partial charge in [0.05, 0.1) is 17.4 Å². The Morgan fingerprint density at radius 2 is 2.33 bits per heavy atom. The highest BCUT2D eigenvalue weighted by Crippen LogP contribution is 2.27. The van der Waals surface area contributed by atoms with Gasteiger partial charge in [-0.15, -0.1) is 0 Å². The van der Waals surface area contributed by atoms with Gasteiger partial charge in [0.1, 0.15) is 0 Å². The summed E-state index contributed by atoms with van der Waals surface area (Å²) >= 11 is 5.85. The van der Waals surface area contributed by atoms with Crippen LogP contribution in [0.5, 0.6) is 0 Å². The number of anilines is 1. The third kappa shape index (κ3) is 2.76. The van der Waals surface area contributed by atoms with Crippen molar-refractivity contribution >= 4 is 23.3 Å². The maximum atomic E-state index is 11.3. The molecule has 0 spiro atoms. The van der Waals surface area contributed by atoms with Gasteiger partial charge in [-0.05, 0) is 31.0 Å². The predicted octanol–water partition coefficient (Wildman–Crippen LogP) is 2.65. The van der Waals surface area contributed by atoms with Crippen molar-refractivity contribution in [2.45, 2.75) is 18.9 Å². The molecule has 0 aromatic heterocycles. The van der Waals surface area contributed by atoms with E-state index in [4.69, 9.17) is 16.3 Å². The topological polar surface area (TPSA) is 49.8 Å². The smallest absolute Gasteiger partial charge is 0.337 e. The summed E-state index contributed by atoms with van der Waals surface area (Å²) in [6.07, 6.45) is 2.18. The second kappa shape index (κ2) is 5.59. The minimum atomic E-state index is -0.952. The first-order chi connectivity index (χ1) is 8.61. The Morgan fingerprint density at radius 3 is 3.00 bits per heavy atom. The Labute approximate surface area is 111 Å². The fourth-order valence-corrected chi connectivity index (χ4v) is 2.48. The lowest BCUT2D eigenvalue weighted by Gasteiger charge is -2.34. The molecular formula is C13H16ClNO3. The first kappa shape index (κ1) is 13.2. The van der Waals surface area contributed by atoms with Crippen LogP contribution in [0.15, 0.2) is 18.2 Å². The standard InChI is InChI=1S/C13H16ClNO3/c1-18-10-3-2-6-15(8-10)12-5-4-9(14)7-11(12)13(16)17/h4-5,7,10H,2-3,6,8H2,1H3,(H,16,17). The predicted molar refractivity (Wildman–Crippen MR) is 70.7 cm³/mol. The zero-order chi connectivity index (χ0) is 13.1. The van der Waals surface area contributed by atoms with Crippen molar-refractivity contribution in [3.63, 3.8) is 0 Å². The third-order valence-electron chi connectivity index (χ3n) is 3.24. The molecular weight excluding hydrogens is 254 g/mol. The van der Waals surface area contributed by atoms with E-state index in [9.17, 15) is 9.90 Å². The van der Waals surface area contributed by atoms with E-state index in [1.807, 2.05) is 0 Å². The molecule has 18 heavy (non-hydrogen) atoms. The number of carbonyl (C=O) groups is 1. The number of rotatable bonds is 3. The van der Waals surface area contributed by atoms with E-state index in [-0.39, 0.29) is 11.7 Å². The van der Waals surface area contributed by atoms with Crippen LogP contribution in [0.25, 0.3) is 0 Å². The molecule has 0 aliphatic carbocycles. The lowest BCUT2D eigenvalue weighted by Crippen LogP contribution is -2.39. The van der Waals surface area contributed by atoms with Crippen molar-refractivity contribution in [3.8, 4) is 0 Å². The van der Waals surface area contributed by atoms with Crippen LogP contribution in [0.4, 0.5) is 5.69 Å². The summed E-state index contributed by atoms with van der Waals surface area (Å²) in [5, 5.41) is 9.67. The van der Waals surface area contributed by atoms with Gasteiger partial charge in [0.15, 0.2) is 0 Å². The minimum Gasteiger partial charge on any atom is -0.478 e. The van der Waals surface area contributed by atoms with Gasteiger partial charge in [-0.2, -0.15) is 0 Å². The highest BCUT2D eigenvalue weighted by Gasteiger charge is 2.23. The van der Waals surface area contributed by atoms with E-state index in [1.54, 1.807) is 19.2 Å². The van der Waals surface area contributed by atoms with Crippen molar-refractivity contribution in [1.82, 2.24) is 0 Å². The molecule has 1 N–H and O–H groups in total. The summed E-state index contributed by atoms with van der Waals surface area (Å²) in [6.45, 7) is 1.57. The van der Waals surface area contributed by atoms with Crippen molar-refractivity contribution in [2.24, 2.45) is 0 Å². The lowest BCUT2D eigenvalue weighted by atomic mass is 10.1. The number of piperidine rings is 1. The van der Waals surface area contributed by atoms with E-state index in [0.717, 1.165) is 25.9 Å². The Balaban J connectivity index is 2.29. The fraction of sp³-hybridized carbons (Fsp3) is 0.462. The Morgan fingerprint density at radius 1 is 1.56 bits per heavy atom. The summed E-state index contributed by atoms with van der Waals surface area (Å²) in [6, 6.07) is 4.99. The van der Waals surface area contributed by atoms with Gasteiger partial charge in [0, 0.05) is 25.2 Å². The van der Waals surface area contributed by atoms with Gasteiger partial charge >= 0.3 is 5.97 Å². The highest BCUT2D eigenvalue weighted by atomic mass is 35.5. The van der Waals surface area contributed by atoms with E-state index in [1.165, 1.54) is 6.07 Å². The molecule has 1 aliphatic rings. The summed E-state index contributed by atoms with van der Waals surface area (Å²) in [5.41, 5.74) is 0.966. The number of carboxylic acids is 1. The Kier molecular flexibility index (Phi) is 4.09. The monoisotopic (exact) mass is 269 g/mol. The molecule has 1 atom stereocenters. The molecule has 1 heterocycles. The quantitative estimate of drug-likeness (QED) is 0.917. The lowest BCUT2D eigenvalue weighted by molar-refractivity contribution is 0.0695. The summed E-state index contributed by atoms with van der Waals surface area (Å²) in [4.78, 5) is 13.3. The summed E-state index contributed by atoms with van der Waals surface area (Å²) in [5.74, 6) is -0.952. The molecule has 0 bridgehead atoms. The van der Waals surface area contributed by atoms with Gasteiger partial charge in [0.2, 0.25) is 0 Å². The normalized spacial score (nSPS) is 19.9. The highest BCUT2D eigenvalue weighted by molar-refractivity contribution is 6.31. The number of hydrogen-bond donors (Lipinski definition) is 1. The fourth-order valence-electron chi connectivity index (χ4n) is 2.30. The number of ether oxygens (including phenoxy) is 1. The number of benzene rings is 1. The molecule has 1 unspecified atom stereocenters. The third-order valence-corrected chi connectivity index (χ3v) is 3.48. The molecule has 1 fully saturated rings. The molecule has 1 saturated heterocycles. The zero-order valence-electron chi connectivity index (χ0n) is 10.2. The van der Waals surface area contributed by atoms with Gasteiger partial charge in [-0.1, -0.05) is 11.6 Å².